The number of rotatable bonds is 3. The predicted molar refractivity (Wildman–Crippen MR) is 100 cm³/mol. The maximum atomic E-state index is 11.8. The first kappa shape index (κ1) is 17.5. The number of amides is 1. The molecule has 0 aliphatic heterocycles. The van der Waals surface area contributed by atoms with E-state index in [1.54, 1.807) is 25.1 Å². The Morgan fingerprint density at radius 3 is 2.69 bits per heavy atom. The second-order valence-corrected chi connectivity index (χ2v) is 5.76. The molecule has 7 nitrogen and oxygen atoms in total. The van der Waals surface area contributed by atoms with Crippen molar-refractivity contribution in [2.75, 3.05) is 11.9 Å². The Morgan fingerprint density at radius 1 is 1.19 bits per heavy atom. The second kappa shape index (κ2) is 7.26. The van der Waals surface area contributed by atoms with Crippen LogP contribution in [0.3, 0.4) is 0 Å². The number of nitrogens with zero attached hydrogens (tertiary/aromatic N) is 2. The lowest BCUT2D eigenvalue weighted by Crippen LogP contribution is -2.23. The van der Waals surface area contributed by atoms with E-state index in [-0.39, 0.29) is 18.6 Å². The Labute approximate surface area is 151 Å². The Hall–Kier alpha value is -3.35. The van der Waals surface area contributed by atoms with Crippen molar-refractivity contribution in [2.24, 2.45) is 0 Å². The molecule has 0 saturated carbocycles. The largest absolute Gasteiger partial charge is 0.450 e. The zero-order valence-electron chi connectivity index (χ0n) is 14.9. The van der Waals surface area contributed by atoms with Gasteiger partial charge in [-0.05, 0) is 56.2 Å². The van der Waals surface area contributed by atoms with Crippen molar-refractivity contribution >= 4 is 29.1 Å². The van der Waals surface area contributed by atoms with Crippen molar-refractivity contribution < 1.29 is 14.3 Å². The van der Waals surface area contributed by atoms with Crippen LogP contribution in [0.15, 0.2) is 42.5 Å². The molecule has 2 N–H and O–H groups in total. The Balaban J connectivity index is 1.97. The smallest absolute Gasteiger partial charge is 0.413 e. The van der Waals surface area contributed by atoms with E-state index in [2.05, 4.69) is 10.3 Å². The summed E-state index contributed by atoms with van der Waals surface area (Å²) < 4.78 is 12.0. The number of carbonyl (C=O) groups is 1. The van der Waals surface area contributed by atoms with Crippen molar-refractivity contribution in [3.8, 4) is 5.75 Å². The van der Waals surface area contributed by atoms with Gasteiger partial charge < -0.3 is 9.47 Å². The molecule has 7 heteroatoms. The standard InChI is InChI=1S/C19H20N4O3/c1-4-25-19(24)22-18-21-15-7-5-6-8-16(15)23(18)17(20)26-14-10-9-12(2)13(3)11-14/h5-11,20H,4H2,1-3H3,(H,21,22,24). The highest BCUT2D eigenvalue weighted by Crippen LogP contribution is 2.22. The number of ether oxygens (including phenoxy) is 2. The first-order chi connectivity index (χ1) is 12.5. The molecule has 1 heterocycles. The van der Waals surface area contributed by atoms with Crippen LogP contribution in [0.2, 0.25) is 0 Å². The van der Waals surface area contributed by atoms with Gasteiger partial charge in [0.25, 0.3) is 0 Å². The summed E-state index contributed by atoms with van der Waals surface area (Å²) in [7, 11) is 0. The predicted octanol–water partition coefficient (Wildman–Crippen LogP) is 4.08. The number of para-hydroxylation sites is 2. The van der Waals surface area contributed by atoms with Crippen LogP contribution in [0, 0.1) is 19.3 Å². The molecule has 2 aromatic carbocycles. The molecule has 0 spiro atoms. The average molecular weight is 352 g/mol. The monoisotopic (exact) mass is 352 g/mol. The average Bonchev–Trinajstić information content (AvgIpc) is 2.96. The van der Waals surface area contributed by atoms with Crippen LogP contribution < -0.4 is 10.1 Å². The van der Waals surface area contributed by atoms with Gasteiger partial charge in [-0.1, -0.05) is 18.2 Å². The van der Waals surface area contributed by atoms with Gasteiger partial charge in [-0.3, -0.25) is 10.7 Å². The van der Waals surface area contributed by atoms with Gasteiger partial charge in [0.2, 0.25) is 5.95 Å². The highest BCUT2D eigenvalue weighted by atomic mass is 16.5. The van der Waals surface area contributed by atoms with Gasteiger partial charge in [-0.25, -0.2) is 14.3 Å². The number of anilines is 1. The van der Waals surface area contributed by atoms with Gasteiger partial charge in [0.05, 0.1) is 17.6 Å². The third-order valence-electron chi connectivity index (χ3n) is 3.95. The fourth-order valence-corrected chi connectivity index (χ4v) is 2.51. The van der Waals surface area contributed by atoms with E-state index in [1.807, 2.05) is 38.1 Å². The SMILES string of the molecule is CCOC(=O)Nc1nc2ccccc2n1C(=N)Oc1ccc(C)c(C)c1. The number of carbonyl (C=O) groups excluding carboxylic acids is 1. The summed E-state index contributed by atoms with van der Waals surface area (Å²) >= 11 is 0. The molecule has 0 saturated heterocycles. The van der Waals surface area contributed by atoms with Gasteiger partial charge >= 0.3 is 12.1 Å². The number of hydrogen-bond acceptors (Lipinski definition) is 5. The minimum atomic E-state index is -0.636. The molecule has 134 valence electrons. The third kappa shape index (κ3) is 3.51. The number of fused-ring (bicyclic) bond motifs is 1. The van der Waals surface area contributed by atoms with E-state index in [1.165, 1.54) is 4.57 Å². The number of imidazole rings is 1. The van der Waals surface area contributed by atoms with E-state index in [9.17, 15) is 4.79 Å². The molecule has 1 amide bonds. The normalized spacial score (nSPS) is 10.6. The molecule has 1 aromatic heterocycles. The van der Waals surface area contributed by atoms with E-state index in [0.29, 0.717) is 16.8 Å². The molecule has 0 atom stereocenters. The minimum Gasteiger partial charge on any atom is -0.450 e. The Morgan fingerprint density at radius 2 is 1.96 bits per heavy atom. The van der Waals surface area contributed by atoms with Crippen LogP contribution in [0.1, 0.15) is 18.1 Å². The van der Waals surface area contributed by atoms with Crippen LogP contribution in [0.25, 0.3) is 11.0 Å². The minimum absolute atomic E-state index is 0.165. The van der Waals surface area contributed by atoms with Crippen LogP contribution in [-0.2, 0) is 4.74 Å². The zero-order chi connectivity index (χ0) is 18.7. The highest BCUT2D eigenvalue weighted by Gasteiger charge is 2.18. The quantitative estimate of drug-likeness (QED) is 0.549. The van der Waals surface area contributed by atoms with Crippen LogP contribution in [0.5, 0.6) is 5.75 Å². The molecule has 0 aliphatic carbocycles. The van der Waals surface area contributed by atoms with E-state index < -0.39 is 6.09 Å². The van der Waals surface area contributed by atoms with E-state index in [0.717, 1.165) is 11.1 Å². The molecule has 3 rings (SSSR count). The number of benzene rings is 2. The van der Waals surface area contributed by atoms with Gasteiger partial charge in [0.15, 0.2) is 0 Å². The molecular weight excluding hydrogens is 332 g/mol. The lowest BCUT2D eigenvalue weighted by molar-refractivity contribution is 0.167. The summed E-state index contributed by atoms with van der Waals surface area (Å²) in [5.41, 5.74) is 3.48. The van der Waals surface area contributed by atoms with Crippen LogP contribution in [0.4, 0.5) is 10.7 Å². The first-order valence-corrected chi connectivity index (χ1v) is 8.25. The van der Waals surface area contributed by atoms with Crippen molar-refractivity contribution in [2.45, 2.75) is 20.8 Å². The van der Waals surface area contributed by atoms with Gasteiger partial charge in [0, 0.05) is 0 Å². The van der Waals surface area contributed by atoms with Crippen molar-refractivity contribution in [1.82, 2.24) is 9.55 Å². The van der Waals surface area contributed by atoms with E-state index in [4.69, 9.17) is 14.9 Å². The van der Waals surface area contributed by atoms with Gasteiger partial charge in [-0.15, -0.1) is 0 Å². The molecule has 26 heavy (non-hydrogen) atoms. The van der Waals surface area contributed by atoms with Crippen LogP contribution in [-0.4, -0.2) is 28.3 Å². The van der Waals surface area contributed by atoms with Crippen molar-refractivity contribution in [1.29, 1.82) is 5.41 Å². The fraction of sp³-hybridized carbons (Fsp3) is 0.211. The topological polar surface area (TPSA) is 89.2 Å². The number of aryl methyl sites for hydroxylation is 2. The van der Waals surface area contributed by atoms with Gasteiger partial charge in [0.1, 0.15) is 5.75 Å². The van der Waals surface area contributed by atoms with E-state index >= 15 is 0 Å². The lowest BCUT2D eigenvalue weighted by Gasteiger charge is -2.12. The Bertz CT molecular complexity index is 978. The van der Waals surface area contributed by atoms with Crippen LogP contribution >= 0.6 is 0 Å². The summed E-state index contributed by atoms with van der Waals surface area (Å²) in [6.07, 6.45) is -0.636. The summed E-state index contributed by atoms with van der Waals surface area (Å²) in [4.78, 5) is 16.2. The molecule has 0 radical (unpaired) electrons. The summed E-state index contributed by atoms with van der Waals surface area (Å²) in [5.74, 6) is 0.705. The summed E-state index contributed by atoms with van der Waals surface area (Å²) in [6, 6.07) is 12.7. The highest BCUT2D eigenvalue weighted by molar-refractivity contribution is 5.95. The summed E-state index contributed by atoms with van der Waals surface area (Å²) in [5, 5.41) is 10.9. The molecule has 3 aromatic rings. The molecule has 0 fully saturated rings. The zero-order valence-corrected chi connectivity index (χ0v) is 14.9. The second-order valence-electron chi connectivity index (χ2n) is 5.76. The van der Waals surface area contributed by atoms with Crippen molar-refractivity contribution in [3.05, 3.63) is 53.6 Å². The third-order valence-corrected chi connectivity index (χ3v) is 3.95. The fourth-order valence-electron chi connectivity index (χ4n) is 2.51. The molecule has 0 bridgehead atoms. The lowest BCUT2D eigenvalue weighted by atomic mass is 10.1. The Kier molecular flexibility index (Phi) is 4.88. The molecule has 0 aliphatic rings. The summed E-state index contributed by atoms with van der Waals surface area (Å²) in [6.45, 7) is 5.94. The van der Waals surface area contributed by atoms with Gasteiger partial charge in [-0.2, -0.15) is 0 Å². The number of aromatic nitrogens is 2. The first-order valence-electron chi connectivity index (χ1n) is 8.25. The maximum absolute atomic E-state index is 11.8. The number of hydrogen-bond donors (Lipinski definition) is 2. The van der Waals surface area contributed by atoms with Crippen molar-refractivity contribution in [3.63, 3.8) is 0 Å². The number of nitrogens with one attached hydrogen (secondary N) is 2. The maximum Gasteiger partial charge on any atom is 0.413 e. The molecule has 0 unspecified atom stereocenters. The molecular formula is C19H20N4O3.